The SMILES string of the molecule is CCCNC(COC(C)C(C)C)c1ccc(C(C)C)cc1. The maximum absolute atomic E-state index is 6.03. The van der Waals surface area contributed by atoms with Crippen molar-refractivity contribution in [1.29, 1.82) is 0 Å². The summed E-state index contributed by atoms with van der Waals surface area (Å²) in [5, 5.41) is 3.60. The summed E-state index contributed by atoms with van der Waals surface area (Å²) in [4.78, 5) is 0. The van der Waals surface area contributed by atoms with Gasteiger partial charge in [0.25, 0.3) is 0 Å². The highest BCUT2D eigenvalue weighted by Crippen LogP contribution is 2.20. The summed E-state index contributed by atoms with van der Waals surface area (Å²) in [5.74, 6) is 1.14. The number of rotatable bonds is 9. The molecule has 0 heterocycles. The van der Waals surface area contributed by atoms with Crippen LogP contribution in [0.2, 0.25) is 0 Å². The Hall–Kier alpha value is -0.860. The van der Waals surface area contributed by atoms with Crippen LogP contribution in [0.15, 0.2) is 24.3 Å². The van der Waals surface area contributed by atoms with Gasteiger partial charge in [0.05, 0.1) is 18.8 Å². The van der Waals surface area contributed by atoms with Gasteiger partial charge < -0.3 is 10.1 Å². The average molecular weight is 291 g/mol. The van der Waals surface area contributed by atoms with E-state index in [4.69, 9.17) is 4.74 Å². The van der Waals surface area contributed by atoms with Crippen LogP contribution in [0.4, 0.5) is 0 Å². The first kappa shape index (κ1) is 18.2. The van der Waals surface area contributed by atoms with Gasteiger partial charge in [-0.3, -0.25) is 0 Å². The minimum Gasteiger partial charge on any atom is -0.376 e. The maximum atomic E-state index is 6.03. The summed E-state index contributed by atoms with van der Waals surface area (Å²) in [6, 6.07) is 9.25. The van der Waals surface area contributed by atoms with Gasteiger partial charge in [-0.25, -0.2) is 0 Å². The highest BCUT2D eigenvalue weighted by molar-refractivity contribution is 5.27. The maximum Gasteiger partial charge on any atom is 0.0665 e. The van der Waals surface area contributed by atoms with Gasteiger partial charge in [-0.1, -0.05) is 58.9 Å². The molecule has 1 aromatic carbocycles. The molecule has 120 valence electrons. The fraction of sp³-hybridized carbons (Fsp3) is 0.684. The van der Waals surface area contributed by atoms with Crippen LogP contribution in [0.5, 0.6) is 0 Å². The van der Waals surface area contributed by atoms with Crippen molar-refractivity contribution in [2.24, 2.45) is 5.92 Å². The molecule has 0 fully saturated rings. The van der Waals surface area contributed by atoms with Crippen LogP contribution in [0.25, 0.3) is 0 Å². The third kappa shape index (κ3) is 6.19. The topological polar surface area (TPSA) is 21.3 Å². The van der Waals surface area contributed by atoms with Gasteiger partial charge in [0.15, 0.2) is 0 Å². The summed E-state index contributed by atoms with van der Waals surface area (Å²) in [7, 11) is 0. The van der Waals surface area contributed by atoms with Crippen LogP contribution in [-0.2, 0) is 4.74 Å². The number of hydrogen-bond donors (Lipinski definition) is 1. The summed E-state index contributed by atoms with van der Waals surface area (Å²) < 4.78 is 6.03. The fourth-order valence-electron chi connectivity index (χ4n) is 2.15. The smallest absolute Gasteiger partial charge is 0.0665 e. The summed E-state index contributed by atoms with van der Waals surface area (Å²) >= 11 is 0. The molecule has 0 aromatic heterocycles. The van der Waals surface area contributed by atoms with Gasteiger partial charge in [0.1, 0.15) is 0 Å². The van der Waals surface area contributed by atoms with Gasteiger partial charge in [-0.15, -0.1) is 0 Å². The first-order valence-corrected chi connectivity index (χ1v) is 8.40. The molecule has 1 N–H and O–H groups in total. The second-order valence-corrected chi connectivity index (χ2v) is 6.61. The molecule has 0 aliphatic carbocycles. The van der Waals surface area contributed by atoms with E-state index in [1.165, 1.54) is 11.1 Å². The molecule has 0 bridgehead atoms. The Morgan fingerprint density at radius 2 is 1.52 bits per heavy atom. The molecule has 0 spiro atoms. The Bertz CT molecular complexity index is 383. The molecule has 1 aromatic rings. The van der Waals surface area contributed by atoms with E-state index in [2.05, 4.69) is 71.1 Å². The number of benzene rings is 1. The lowest BCUT2D eigenvalue weighted by atomic mass is 9.99. The summed E-state index contributed by atoms with van der Waals surface area (Å²) in [5.41, 5.74) is 2.72. The lowest BCUT2D eigenvalue weighted by Crippen LogP contribution is -2.29. The molecule has 0 aliphatic heterocycles. The van der Waals surface area contributed by atoms with E-state index in [1.807, 2.05) is 0 Å². The Labute approximate surface area is 131 Å². The zero-order valence-corrected chi connectivity index (χ0v) is 14.6. The number of nitrogens with one attached hydrogen (secondary N) is 1. The second-order valence-electron chi connectivity index (χ2n) is 6.61. The normalized spacial score (nSPS) is 14.7. The molecule has 0 aliphatic rings. The van der Waals surface area contributed by atoms with Crippen LogP contribution in [0.1, 0.15) is 71.0 Å². The minimum absolute atomic E-state index is 0.285. The van der Waals surface area contributed by atoms with Crippen molar-refractivity contribution in [3.8, 4) is 0 Å². The monoisotopic (exact) mass is 291 g/mol. The van der Waals surface area contributed by atoms with Crippen molar-refractivity contribution >= 4 is 0 Å². The van der Waals surface area contributed by atoms with Gasteiger partial charge in [0.2, 0.25) is 0 Å². The van der Waals surface area contributed by atoms with E-state index in [9.17, 15) is 0 Å². The van der Waals surface area contributed by atoms with Gasteiger partial charge in [0, 0.05) is 0 Å². The molecule has 2 atom stereocenters. The van der Waals surface area contributed by atoms with E-state index in [0.717, 1.165) is 19.6 Å². The van der Waals surface area contributed by atoms with Crippen molar-refractivity contribution < 1.29 is 4.74 Å². The highest BCUT2D eigenvalue weighted by Gasteiger charge is 2.15. The molecule has 2 heteroatoms. The Balaban J connectivity index is 2.71. The van der Waals surface area contributed by atoms with Gasteiger partial charge in [-0.2, -0.15) is 0 Å². The third-order valence-corrected chi connectivity index (χ3v) is 4.11. The highest BCUT2D eigenvalue weighted by atomic mass is 16.5. The zero-order valence-electron chi connectivity index (χ0n) is 14.6. The van der Waals surface area contributed by atoms with Crippen LogP contribution in [0.3, 0.4) is 0 Å². The molecule has 2 nitrogen and oxygen atoms in total. The van der Waals surface area contributed by atoms with E-state index < -0.39 is 0 Å². The molecule has 0 amide bonds. The number of ether oxygens (including phenoxy) is 1. The van der Waals surface area contributed by atoms with Crippen LogP contribution in [-0.4, -0.2) is 19.3 Å². The quantitative estimate of drug-likeness (QED) is 0.698. The molecule has 0 saturated carbocycles. The Morgan fingerprint density at radius 3 is 2.00 bits per heavy atom. The lowest BCUT2D eigenvalue weighted by Gasteiger charge is -2.24. The van der Waals surface area contributed by atoms with Crippen molar-refractivity contribution in [3.05, 3.63) is 35.4 Å². The minimum atomic E-state index is 0.285. The van der Waals surface area contributed by atoms with Crippen molar-refractivity contribution in [1.82, 2.24) is 5.32 Å². The van der Waals surface area contributed by atoms with Crippen LogP contribution in [0, 0.1) is 5.92 Å². The standard InChI is InChI=1S/C19H33NO/c1-7-12-20-19(13-21-16(6)14(2)3)18-10-8-17(9-11-18)15(4)5/h8-11,14-16,19-20H,7,12-13H2,1-6H3. The first-order valence-electron chi connectivity index (χ1n) is 8.40. The summed E-state index contributed by atoms with van der Waals surface area (Å²) in [6.07, 6.45) is 1.44. The van der Waals surface area contributed by atoms with E-state index in [-0.39, 0.29) is 6.04 Å². The van der Waals surface area contributed by atoms with E-state index in [1.54, 1.807) is 0 Å². The predicted molar refractivity (Wildman–Crippen MR) is 91.8 cm³/mol. The molecule has 21 heavy (non-hydrogen) atoms. The van der Waals surface area contributed by atoms with Crippen molar-refractivity contribution in [3.63, 3.8) is 0 Å². The zero-order chi connectivity index (χ0) is 15.8. The first-order chi connectivity index (χ1) is 9.95. The lowest BCUT2D eigenvalue weighted by molar-refractivity contribution is 0.0218. The van der Waals surface area contributed by atoms with E-state index in [0.29, 0.717) is 17.9 Å². The molecule has 1 rings (SSSR count). The van der Waals surface area contributed by atoms with Gasteiger partial charge >= 0.3 is 0 Å². The molecule has 0 saturated heterocycles. The molecular formula is C19H33NO. The third-order valence-electron chi connectivity index (χ3n) is 4.11. The van der Waals surface area contributed by atoms with Crippen molar-refractivity contribution in [2.75, 3.05) is 13.2 Å². The van der Waals surface area contributed by atoms with Crippen molar-refractivity contribution in [2.45, 2.75) is 66.0 Å². The van der Waals surface area contributed by atoms with E-state index >= 15 is 0 Å². The fourth-order valence-corrected chi connectivity index (χ4v) is 2.15. The molecular weight excluding hydrogens is 258 g/mol. The average Bonchev–Trinajstić information content (AvgIpc) is 2.47. The predicted octanol–water partition coefficient (Wildman–Crippen LogP) is 4.91. The number of hydrogen-bond acceptors (Lipinski definition) is 2. The van der Waals surface area contributed by atoms with Gasteiger partial charge in [-0.05, 0) is 42.9 Å². The largest absolute Gasteiger partial charge is 0.376 e. The van der Waals surface area contributed by atoms with Crippen LogP contribution >= 0.6 is 0 Å². The Kier molecular flexibility index (Phi) is 7.98. The molecule has 0 radical (unpaired) electrons. The summed E-state index contributed by atoms with van der Waals surface area (Å²) in [6.45, 7) is 15.0. The van der Waals surface area contributed by atoms with Crippen LogP contribution < -0.4 is 5.32 Å². The molecule has 2 unspecified atom stereocenters. The Morgan fingerprint density at radius 1 is 0.952 bits per heavy atom. The second kappa shape index (κ2) is 9.22.